The van der Waals surface area contributed by atoms with E-state index in [4.69, 9.17) is 27.9 Å². The van der Waals surface area contributed by atoms with Crippen molar-refractivity contribution >= 4 is 34.8 Å². The molecule has 1 aromatic carbocycles. The van der Waals surface area contributed by atoms with Crippen LogP contribution < -0.4 is 15.0 Å². The molecule has 0 unspecified atom stereocenters. The number of halogens is 2. The lowest BCUT2D eigenvalue weighted by atomic mass is 9.92. The molecule has 2 aromatic heterocycles. The number of fused-ring (bicyclic) bond motifs is 2. The first-order chi connectivity index (χ1) is 15.1. The summed E-state index contributed by atoms with van der Waals surface area (Å²) in [5.41, 5.74) is 1.14. The second-order valence-corrected chi connectivity index (χ2v) is 8.93. The zero-order chi connectivity index (χ0) is 21.4. The Morgan fingerprint density at radius 3 is 2.65 bits per heavy atom. The summed E-state index contributed by atoms with van der Waals surface area (Å²) < 4.78 is 7.71. The molecule has 7 nitrogen and oxygen atoms in total. The third kappa shape index (κ3) is 4.29. The van der Waals surface area contributed by atoms with Gasteiger partial charge in [0.25, 0.3) is 0 Å². The van der Waals surface area contributed by atoms with E-state index in [1.807, 2.05) is 37.3 Å². The van der Waals surface area contributed by atoms with Gasteiger partial charge in [-0.25, -0.2) is 9.67 Å². The van der Waals surface area contributed by atoms with E-state index in [2.05, 4.69) is 25.3 Å². The maximum atomic E-state index is 6.10. The summed E-state index contributed by atoms with van der Waals surface area (Å²) in [5.74, 6) is 2.31. The van der Waals surface area contributed by atoms with E-state index in [9.17, 15) is 0 Å². The molecule has 3 aromatic rings. The average molecular weight is 459 g/mol. The Balaban J connectivity index is 1.30. The maximum Gasteiger partial charge on any atom is 0.322 e. The molecule has 2 aliphatic rings. The van der Waals surface area contributed by atoms with Gasteiger partial charge in [-0.3, -0.25) is 0 Å². The first-order valence-electron chi connectivity index (χ1n) is 10.6. The number of benzene rings is 1. The minimum absolute atomic E-state index is 0.347. The van der Waals surface area contributed by atoms with Gasteiger partial charge in [0.1, 0.15) is 10.9 Å². The van der Waals surface area contributed by atoms with Crippen molar-refractivity contribution in [3.05, 3.63) is 52.8 Å². The SMILES string of the molecule is CCn1nc(N[C@@H]2[C@@H]3CC[C@H]2CN(c2ccnc(Cl)c2)C3)nc1Oc1cccc(Cl)c1. The smallest absolute Gasteiger partial charge is 0.322 e. The summed E-state index contributed by atoms with van der Waals surface area (Å²) in [4.78, 5) is 11.1. The normalized spacial score (nSPS) is 22.5. The van der Waals surface area contributed by atoms with E-state index in [1.165, 1.54) is 12.8 Å². The van der Waals surface area contributed by atoms with Crippen molar-refractivity contribution in [3.8, 4) is 11.8 Å². The van der Waals surface area contributed by atoms with Crippen LogP contribution in [0.3, 0.4) is 0 Å². The van der Waals surface area contributed by atoms with Crippen LogP contribution in [-0.2, 0) is 6.54 Å². The molecule has 1 aliphatic heterocycles. The zero-order valence-corrected chi connectivity index (χ0v) is 18.7. The molecule has 0 amide bonds. The lowest BCUT2D eigenvalue weighted by Crippen LogP contribution is -2.48. The van der Waals surface area contributed by atoms with Crippen molar-refractivity contribution in [3.63, 3.8) is 0 Å². The third-order valence-corrected chi connectivity index (χ3v) is 6.59. The molecule has 3 atom stereocenters. The quantitative estimate of drug-likeness (QED) is 0.517. The number of nitrogens with one attached hydrogen (secondary N) is 1. The molecule has 1 saturated heterocycles. The van der Waals surface area contributed by atoms with Crippen molar-refractivity contribution in [1.82, 2.24) is 19.7 Å². The summed E-state index contributed by atoms with van der Waals surface area (Å²) in [6.45, 7) is 4.65. The Labute approximate surface area is 191 Å². The van der Waals surface area contributed by atoms with Crippen molar-refractivity contribution in [2.45, 2.75) is 32.4 Å². The first kappa shape index (κ1) is 20.4. The van der Waals surface area contributed by atoms with Gasteiger partial charge in [-0.15, -0.1) is 5.10 Å². The van der Waals surface area contributed by atoms with Crippen LogP contribution >= 0.6 is 23.2 Å². The number of anilines is 2. The number of ether oxygens (including phenoxy) is 1. The zero-order valence-electron chi connectivity index (χ0n) is 17.2. The van der Waals surface area contributed by atoms with Gasteiger partial charge in [0.05, 0.1) is 0 Å². The van der Waals surface area contributed by atoms with Gasteiger partial charge in [0.2, 0.25) is 5.95 Å². The highest BCUT2D eigenvalue weighted by atomic mass is 35.5. The van der Waals surface area contributed by atoms with Crippen LogP contribution in [0.15, 0.2) is 42.6 Å². The molecule has 1 aliphatic carbocycles. The van der Waals surface area contributed by atoms with Gasteiger partial charge in [0, 0.05) is 42.6 Å². The first-order valence-corrected chi connectivity index (χ1v) is 11.4. The highest BCUT2D eigenvalue weighted by Gasteiger charge is 2.42. The van der Waals surface area contributed by atoms with Crippen LogP contribution in [0.4, 0.5) is 11.6 Å². The molecule has 31 heavy (non-hydrogen) atoms. The van der Waals surface area contributed by atoms with E-state index >= 15 is 0 Å². The Kier molecular flexibility index (Phi) is 5.63. The van der Waals surface area contributed by atoms with Crippen LogP contribution in [0, 0.1) is 11.8 Å². The largest absolute Gasteiger partial charge is 0.424 e. The summed E-state index contributed by atoms with van der Waals surface area (Å²) in [7, 11) is 0. The van der Waals surface area contributed by atoms with Crippen LogP contribution in [0.25, 0.3) is 0 Å². The molecule has 5 rings (SSSR count). The number of piperidine rings is 1. The highest BCUT2D eigenvalue weighted by molar-refractivity contribution is 6.30. The van der Waals surface area contributed by atoms with Gasteiger partial charge in [-0.2, -0.15) is 4.98 Å². The molecule has 1 N–H and O–H groups in total. The minimum atomic E-state index is 0.347. The predicted octanol–water partition coefficient (Wildman–Crippen LogP) is 5.12. The maximum absolute atomic E-state index is 6.10. The number of aryl methyl sites for hydroxylation is 1. The predicted molar refractivity (Wildman–Crippen MR) is 122 cm³/mol. The van der Waals surface area contributed by atoms with Crippen molar-refractivity contribution in [2.24, 2.45) is 11.8 Å². The molecule has 0 spiro atoms. The second-order valence-electron chi connectivity index (χ2n) is 8.10. The molecule has 2 bridgehead atoms. The molecule has 3 heterocycles. The van der Waals surface area contributed by atoms with Crippen molar-refractivity contribution < 1.29 is 4.74 Å². The van der Waals surface area contributed by atoms with Crippen LogP contribution in [-0.4, -0.2) is 38.9 Å². The monoisotopic (exact) mass is 458 g/mol. The van der Waals surface area contributed by atoms with E-state index in [1.54, 1.807) is 16.9 Å². The summed E-state index contributed by atoms with van der Waals surface area (Å²) in [5, 5.41) is 9.38. The van der Waals surface area contributed by atoms with E-state index in [-0.39, 0.29) is 0 Å². The minimum Gasteiger partial charge on any atom is -0.424 e. The van der Waals surface area contributed by atoms with Crippen LogP contribution in [0.2, 0.25) is 10.2 Å². The summed E-state index contributed by atoms with van der Waals surface area (Å²) in [6, 6.07) is 12.1. The number of hydrogen-bond donors (Lipinski definition) is 1. The number of rotatable bonds is 6. The summed E-state index contributed by atoms with van der Waals surface area (Å²) in [6.07, 6.45) is 4.16. The lowest BCUT2D eigenvalue weighted by molar-refractivity contribution is 0.376. The average Bonchev–Trinajstić information content (AvgIpc) is 3.23. The Bertz CT molecular complexity index is 1060. The number of nitrogens with zero attached hydrogens (tertiary/aromatic N) is 5. The van der Waals surface area contributed by atoms with Crippen LogP contribution in [0.5, 0.6) is 11.8 Å². The van der Waals surface area contributed by atoms with E-state index in [0.717, 1.165) is 18.8 Å². The van der Waals surface area contributed by atoms with Gasteiger partial charge >= 0.3 is 6.01 Å². The van der Waals surface area contributed by atoms with Gasteiger partial charge in [-0.1, -0.05) is 29.3 Å². The Hall–Kier alpha value is -2.51. The Morgan fingerprint density at radius 2 is 1.94 bits per heavy atom. The van der Waals surface area contributed by atoms with E-state index < -0.39 is 0 Å². The molecular weight excluding hydrogens is 435 g/mol. The fraction of sp³-hybridized carbons (Fsp3) is 0.409. The van der Waals surface area contributed by atoms with Gasteiger partial charge in [-0.05, 0) is 61.9 Å². The summed E-state index contributed by atoms with van der Waals surface area (Å²) >= 11 is 12.2. The standard InChI is InChI=1S/C22H24Cl2N6O/c1-2-30-22(31-18-5-3-4-16(23)10-18)27-21(28-30)26-20-14-6-7-15(20)13-29(12-14)17-8-9-25-19(24)11-17/h3-5,8-11,14-15,20H,2,6-7,12-13H2,1H3,(H,26,28)/t14-,15+,20-. The number of aromatic nitrogens is 4. The number of hydrogen-bond acceptors (Lipinski definition) is 6. The highest BCUT2D eigenvalue weighted by Crippen LogP contribution is 2.40. The number of pyridine rings is 1. The molecular formula is C22H24Cl2N6O. The second kappa shape index (κ2) is 8.55. The lowest BCUT2D eigenvalue weighted by Gasteiger charge is -2.39. The van der Waals surface area contributed by atoms with E-state index in [0.29, 0.717) is 52.3 Å². The van der Waals surface area contributed by atoms with Crippen molar-refractivity contribution in [2.75, 3.05) is 23.3 Å². The fourth-order valence-electron chi connectivity index (χ4n) is 4.71. The third-order valence-electron chi connectivity index (χ3n) is 6.15. The Morgan fingerprint density at radius 1 is 1.13 bits per heavy atom. The van der Waals surface area contributed by atoms with Gasteiger partial charge in [0.15, 0.2) is 0 Å². The molecule has 2 fully saturated rings. The van der Waals surface area contributed by atoms with Gasteiger partial charge < -0.3 is 15.0 Å². The van der Waals surface area contributed by atoms with Crippen LogP contribution in [0.1, 0.15) is 19.8 Å². The molecule has 9 heteroatoms. The topological polar surface area (TPSA) is 68.1 Å². The molecule has 0 radical (unpaired) electrons. The molecule has 1 saturated carbocycles. The molecule has 162 valence electrons. The van der Waals surface area contributed by atoms with Crippen molar-refractivity contribution in [1.29, 1.82) is 0 Å². The fourth-order valence-corrected chi connectivity index (χ4v) is 5.06.